The normalized spacial score (nSPS) is 22.2. The molecule has 0 spiro atoms. The van der Waals surface area contributed by atoms with Gasteiger partial charge < -0.3 is 5.32 Å². The summed E-state index contributed by atoms with van der Waals surface area (Å²) in [6.45, 7) is 0. The van der Waals surface area contributed by atoms with Crippen LogP contribution in [-0.4, -0.2) is 4.92 Å². The van der Waals surface area contributed by atoms with E-state index in [1.54, 1.807) is 12.1 Å². The first-order chi connectivity index (χ1) is 15.7. The van der Waals surface area contributed by atoms with E-state index >= 15 is 0 Å². The number of nitrogens with one attached hydrogen (secondary N) is 1. The number of nitro groups is 1. The fraction of sp³-hybridized carbons (Fsp3) is 0.214. The Bertz CT molecular complexity index is 1430. The molecule has 0 fully saturated rings. The maximum atomic E-state index is 11.5. The molecule has 4 aromatic rings. The Hall–Kier alpha value is -3.66. The average Bonchev–Trinajstić information content (AvgIpc) is 3.42. The second-order valence-electron chi connectivity index (χ2n) is 9.35. The highest BCUT2D eigenvalue weighted by Gasteiger charge is 2.44. The van der Waals surface area contributed by atoms with Gasteiger partial charge in [-0.1, -0.05) is 54.6 Å². The minimum atomic E-state index is -0.286. The molecule has 1 aliphatic heterocycles. The van der Waals surface area contributed by atoms with Gasteiger partial charge in [0, 0.05) is 23.7 Å². The number of hydrogen-bond acceptors (Lipinski definition) is 3. The molecule has 1 heterocycles. The molecule has 3 aliphatic rings. The summed E-state index contributed by atoms with van der Waals surface area (Å²) in [5, 5.41) is 18.1. The minimum absolute atomic E-state index is 0.159. The van der Waals surface area contributed by atoms with E-state index in [4.69, 9.17) is 0 Å². The zero-order valence-electron chi connectivity index (χ0n) is 17.5. The van der Waals surface area contributed by atoms with Crippen LogP contribution in [0.15, 0.2) is 72.8 Å². The smallest absolute Gasteiger partial charge is 0.269 e. The van der Waals surface area contributed by atoms with E-state index in [1.807, 2.05) is 6.07 Å². The molecule has 32 heavy (non-hydrogen) atoms. The average molecular weight is 418 g/mol. The van der Waals surface area contributed by atoms with Crippen LogP contribution in [0.4, 0.5) is 11.4 Å². The molecular formula is C28H22N2O2. The monoisotopic (exact) mass is 418 g/mol. The Kier molecular flexibility index (Phi) is 3.61. The van der Waals surface area contributed by atoms with Gasteiger partial charge in [-0.15, -0.1) is 0 Å². The molecular weight excluding hydrogens is 396 g/mol. The molecule has 1 N–H and O–H groups in total. The lowest BCUT2D eigenvalue weighted by Gasteiger charge is -2.38. The van der Waals surface area contributed by atoms with Crippen molar-refractivity contribution in [3.05, 3.63) is 116 Å². The van der Waals surface area contributed by atoms with Gasteiger partial charge in [-0.3, -0.25) is 10.1 Å². The zero-order chi connectivity index (χ0) is 21.4. The number of non-ortho nitro benzene ring substituents is 1. The number of nitrogens with zero attached hydrogens (tertiary/aromatic N) is 1. The van der Waals surface area contributed by atoms with Crippen molar-refractivity contribution in [2.45, 2.75) is 31.2 Å². The van der Waals surface area contributed by atoms with Gasteiger partial charge in [-0.05, 0) is 75.4 Å². The zero-order valence-corrected chi connectivity index (χ0v) is 17.5. The quantitative estimate of drug-likeness (QED) is 0.306. The third kappa shape index (κ3) is 2.38. The van der Waals surface area contributed by atoms with Crippen LogP contribution in [-0.2, 0) is 19.3 Å². The van der Waals surface area contributed by atoms with Crippen molar-refractivity contribution < 1.29 is 4.92 Å². The van der Waals surface area contributed by atoms with Gasteiger partial charge in [0.1, 0.15) is 0 Å². The van der Waals surface area contributed by atoms with Crippen LogP contribution in [0.3, 0.4) is 0 Å². The molecule has 0 amide bonds. The molecule has 3 atom stereocenters. The van der Waals surface area contributed by atoms with E-state index in [2.05, 4.69) is 59.9 Å². The Morgan fingerprint density at radius 2 is 1.62 bits per heavy atom. The van der Waals surface area contributed by atoms with Crippen molar-refractivity contribution in [1.82, 2.24) is 0 Å². The van der Waals surface area contributed by atoms with E-state index < -0.39 is 0 Å². The van der Waals surface area contributed by atoms with Crippen molar-refractivity contribution in [3.8, 4) is 0 Å². The summed E-state index contributed by atoms with van der Waals surface area (Å²) in [5.41, 5.74) is 9.17. The second kappa shape index (κ2) is 6.42. The molecule has 0 unspecified atom stereocenters. The molecule has 0 saturated carbocycles. The summed E-state index contributed by atoms with van der Waals surface area (Å²) in [6, 6.07) is 25.4. The first kappa shape index (κ1) is 18.0. The SMILES string of the molecule is O=[N+]([O-])c1ccc2c(c1)[C@@H]1c3ccccc3C[C@H]1[C@H](c1ccc3c4c(cccc14)CC3)N2. The van der Waals surface area contributed by atoms with Gasteiger partial charge in [-0.2, -0.15) is 0 Å². The minimum Gasteiger partial charge on any atom is -0.378 e. The number of anilines is 1. The van der Waals surface area contributed by atoms with E-state index in [0.717, 1.165) is 30.5 Å². The molecule has 4 aromatic carbocycles. The fourth-order valence-corrected chi connectivity index (χ4v) is 6.51. The van der Waals surface area contributed by atoms with Crippen LogP contribution in [0.2, 0.25) is 0 Å². The highest BCUT2D eigenvalue weighted by molar-refractivity contribution is 5.94. The van der Waals surface area contributed by atoms with Crippen molar-refractivity contribution >= 4 is 22.1 Å². The van der Waals surface area contributed by atoms with E-state index in [9.17, 15) is 10.1 Å². The second-order valence-corrected chi connectivity index (χ2v) is 9.35. The van der Waals surface area contributed by atoms with Gasteiger partial charge in [0.15, 0.2) is 0 Å². The largest absolute Gasteiger partial charge is 0.378 e. The summed E-state index contributed by atoms with van der Waals surface area (Å²) in [7, 11) is 0. The van der Waals surface area contributed by atoms with E-state index in [-0.39, 0.29) is 22.6 Å². The number of aryl methyl sites for hydroxylation is 2. The predicted molar refractivity (Wildman–Crippen MR) is 126 cm³/mol. The van der Waals surface area contributed by atoms with Gasteiger partial charge in [0.05, 0.1) is 11.0 Å². The topological polar surface area (TPSA) is 55.2 Å². The van der Waals surface area contributed by atoms with Gasteiger partial charge in [-0.25, -0.2) is 0 Å². The molecule has 7 rings (SSSR count). The molecule has 0 bridgehead atoms. The predicted octanol–water partition coefficient (Wildman–Crippen LogP) is 6.32. The first-order valence-electron chi connectivity index (χ1n) is 11.3. The highest BCUT2D eigenvalue weighted by atomic mass is 16.6. The number of hydrogen-bond donors (Lipinski definition) is 1. The molecule has 4 heteroatoms. The number of benzene rings is 4. The fourth-order valence-electron chi connectivity index (χ4n) is 6.51. The molecule has 0 radical (unpaired) electrons. The van der Waals surface area contributed by atoms with Gasteiger partial charge in [0.25, 0.3) is 5.69 Å². The third-order valence-corrected chi connectivity index (χ3v) is 7.84. The van der Waals surface area contributed by atoms with Crippen LogP contribution in [0, 0.1) is 16.0 Å². The number of fused-ring (bicyclic) bond motifs is 5. The van der Waals surface area contributed by atoms with Crippen molar-refractivity contribution in [1.29, 1.82) is 0 Å². The number of rotatable bonds is 2. The lowest BCUT2D eigenvalue weighted by Crippen LogP contribution is -2.30. The summed E-state index contributed by atoms with van der Waals surface area (Å²) in [5.74, 6) is 0.482. The maximum absolute atomic E-state index is 11.5. The standard InChI is InChI=1S/C28H22N2O2/c31-30(32)19-11-13-25-23(15-19)27-20-6-2-1-4-18(20)14-24(27)28(29-25)22-12-10-17-9-8-16-5-3-7-21(22)26(16)17/h1-7,10-13,15,24,27-29H,8-9,14H2/t24-,27+,28+/m1/s1. The summed E-state index contributed by atoms with van der Waals surface area (Å²) >= 11 is 0. The lowest BCUT2D eigenvalue weighted by atomic mass is 9.74. The third-order valence-electron chi connectivity index (χ3n) is 7.84. The van der Waals surface area contributed by atoms with Crippen LogP contribution in [0.5, 0.6) is 0 Å². The van der Waals surface area contributed by atoms with Crippen molar-refractivity contribution in [2.24, 2.45) is 5.92 Å². The molecule has 156 valence electrons. The maximum Gasteiger partial charge on any atom is 0.269 e. The van der Waals surface area contributed by atoms with Gasteiger partial charge in [0.2, 0.25) is 0 Å². The summed E-state index contributed by atoms with van der Waals surface area (Å²) < 4.78 is 0. The molecule has 2 aliphatic carbocycles. The Morgan fingerprint density at radius 1 is 0.812 bits per heavy atom. The molecule has 0 saturated heterocycles. The Morgan fingerprint density at radius 3 is 2.50 bits per heavy atom. The highest BCUT2D eigenvalue weighted by Crippen LogP contribution is 2.55. The Labute approximate surface area is 186 Å². The van der Waals surface area contributed by atoms with Crippen LogP contribution < -0.4 is 5.32 Å². The Balaban J connectivity index is 1.45. The van der Waals surface area contributed by atoms with E-state index in [1.165, 1.54) is 38.6 Å². The van der Waals surface area contributed by atoms with Gasteiger partial charge >= 0.3 is 0 Å². The lowest BCUT2D eigenvalue weighted by molar-refractivity contribution is -0.384. The molecule has 4 nitrogen and oxygen atoms in total. The van der Waals surface area contributed by atoms with Crippen molar-refractivity contribution in [2.75, 3.05) is 5.32 Å². The van der Waals surface area contributed by atoms with Crippen LogP contribution in [0.1, 0.15) is 45.3 Å². The van der Waals surface area contributed by atoms with Crippen LogP contribution in [0.25, 0.3) is 10.8 Å². The first-order valence-corrected chi connectivity index (χ1v) is 11.3. The van der Waals surface area contributed by atoms with Crippen LogP contribution >= 0.6 is 0 Å². The number of nitro benzene ring substituents is 1. The molecule has 0 aromatic heterocycles. The van der Waals surface area contributed by atoms with Crippen molar-refractivity contribution in [3.63, 3.8) is 0 Å². The summed E-state index contributed by atoms with van der Waals surface area (Å²) in [4.78, 5) is 11.2. The van der Waals surface area contributed by atoms with E-state index in [0.29, 0.717) is 5.92 Å². The summed E-state index contributed by atoms with van der Waals surface area (Å²) in [6.07, 6.45) is 3.22.